The van der Waals surface area contributed by atoms with Crippen LogP contribution in [0.2, 0.25) is 0 Å². The van der Waals surface area contributed by atoms with Gasteiger partial charge in [0.15, 0.2) is 0 Å². The van der Waals surface area contributed by atoms with Gasteiger partial charge in [0.25, 0.3) is 0 Å². The third kappa shape index (κ3) is 4.71. The molecule has 1 amide bonds. The minimum absolute atomic E-state index is 0.0279. The Kier molecular flexibility index (Phi) is 5.51. The van der Waals surface area contributed by atoms with Crippen LogP contribution in [-0.4, -0.2) is 29.6 Å². The van der Waals surface area contributed by atoms with Gasteiger partial charge in [-0.1, -0.05) is 32.0 Å². The van der Waals surface area contributed by atoms with Crippen LogP contribution in [0.15, 0.2) is 24.3 Å². The Morgan fingerprint density at radius 1 is 1.21 bits per heavy atom. The van der Waals surface area contributed by atoms with E-state index in [4.69, 9.17) is 5.11 Å². The van der Waals surface area contributed by atoms with E-state index in [0.29, 0.717) is 5.92 Å². The van der Waals surface area contributed by atoms with Crippen LogP contribution in [0.1, 0.15) is 32.3 Å². The van der Waals surface area contributed by atoms with Crippen molar-refractivity contribution in [3.63, 3.8) is 0 Å². The monoisotopic (exact) mass is 264 g/mol. The molecule has 1 atom stereocenters. The predicted octanol–water partition coefficient (Wildman–Crippen LogP) is 1.81. The maximum atomic E-state index is 11.7. The fourth-order valence-corrected chi connectivity index (χ4v) is 1.64. The molecular formula is C14H20N2O3. The molecule has 0 spiro atoms. The topological polar surface area (TPSA) is 78.4 Å². The molecule has 0 aliphatic heterocycles. The molecule has 5 heteroatoms. The van der Waals surface area contributed by atoms with E-state index in [1.165, 1.54) is 6.92 Å². The van der Waals surface area contributed by atoms with Gasteiger partial charge in [-0.3, -0.25) is 14.9 Å². The molecular weight excluding hydrogens is 244 g/mol. The first-order chi connectivity index (χ1) is 8.91. The molecule has 0 fully saturated rings. The molecule has 0 aliphatic carbocycles. The van der Waals surface area contributed by atoms with Gasteiger partial charge in [-0.25, -0.2) is 0 Å². The van der Waals surface area contributed by atoms with Crippen molar-refractivity contribution in [2.24, 2.45) is 0 Å². The summed E-state index contributed by atoms with van der Waals surface area (Å²) in [6.45, 7) is 5.57. The molecule has 0 radical (unpaired) electrons. The maximum absolute atomic E-state index is 11.7. The molecule has 0 unspecified atom stereocenters. The summed E-state index contributed by atoms with van der Waals surface area (Å²) in [5.74, 6) is -0.918. The number of benzene rings is 1. The molecule has 1 aromatic rings. The Balaban J connectivity index is 2.60. The third-order valence-electron chi connectivity index (χ3n) is 2.80. The zero-order chi connectivity index (χ0) is 14.4. The number of hydrogen-bond donors (Lipinski definition) is 3. The van der Waals surface area contributed by atoms with Crippen LogP contribution >= 0.6 is 0 Å². The van der Waals surface area contributed by atoms with E-state index in [9.17, 15) is 9.59 Å². The smallest absolute Gasteiger partial charge is 0.320 e. The van der Waals surface area contributed by atoms with Crippen molar-refractivity contribution in [3.8, 4) is 0 Å². The molecule has 0 saturated heterocycles. The second-order valence-corrected chi connectivity index (χ2v) is 4.73. The predicted molar refractivity (Wildman–Crippen MR) is 74.3 cm³/mol. The summed E-state index contributed by atoms with van der Waals surface area (Å²) in [4.78, 5) is 22.4. The Bertz CT molecular complexity index is 458. The summed E-state index contributed by atoms with van der Waals surface area (Å²) < 4.78 is 0. The lowest BCUT2D eigenvalue weighted by Crippen LogP contribution is -2.39. The fraction of sp³-hybridized carbons (Fsp3) is 0.429. The molecule has 0 heterocycles. The number of carboxylic acid groups (broad SMARTS) is 1. The van der Waals surface area contributed by atoms with Crippen molar-refractivity contribution in [2.75, 3.05) is 11.9 Å². The SMILES string of the molecule is CC(C)c1ccccc1NC(=O)CN[C@H](C)C(=O)O. The van der Waals surface area contributed by atoms with Gasteiger partial charge in [-0.2, -0.15) is 0 Å². The summed E-state index contributed by atoms with van der Waals surface area (Å²) in [5, 5.41) is 14.1. The number of carbonyl (C=O) groups excluding carboxylic acids is 1. The first kappa shape index (κ1) is 15.2. The van der Waals surface area contributed by atoms with Gasteiger partial charge in [0.1, 0.15) is 6.04 Å². The van der Waals surface area contributed by atoms with E-state index < -0.39 is 12.0 Å². The molecule has 0 saturated carbocycles. The Hall–Kier alpha value is -1.88. The number of carbonyl (C=O) groups is 2. The second kappa shape index (κ2) is 6.89. The van der Waals surface area contributed by atoms with Gasteiger partial charge in [0.2, 0.25) is 5.91 Å². The Morgan fingerprint density at radius 3 is 2.42 bits per heavy atom. The molecule has 19 heavy (non-hydrogen) atoms. The van der Waals surface area contributed by atoms with E-state index >= 15 is 0 Å². The second-order valence-electron chi connectivity index (χ2n) is 4.73. The number of para-hydroxylation sites is 1. The third-order valence-corrected chi connectivity index (χ3v) is 2.80. The van der Waals surface area contributed by atoms with Gasteiger partial charge < -0.3 is 10.4 Å². The van der Waals surface area contributed by atoms with Gasteiger partial charge in [0.05, 0.1) is 6.54 Å². The number of rotatable bonds is 6. The van der Waals surface area contributed by atoms with Gasteiger partial charge in [-0.15, -0.1) is 0 Å². The van der Waals surface area contributed by atoms with Crippen LogP contribution in [0.3, 0.4) is 0 Å². The number of aliphatic carboxylic acids is 1. The van der Waals surface area contributed by atoms with Crippen molar-refractivity contribution in [3.05, 3.63) is 29.8 Å². The number of anilines is 1. The van der Waals surface area contributed by atoms with Crippen LogP contribution in [-0.2, 0) is 9.59 Å². The Labute approximate surface area is 113 Å². The number of hydrogen-bond acceptors (Lipinski definition) is 3. The summed E-state index contributed by atoms with van der Waals surface area (Å²) in [6, 6.07) is 6.84. The minimum Gasteiger partial charge on any atom is -0.480 e. The highest BCUT2D eigenvalue weighted by Crippen LogP contribution is 2.23. The Morgan fingerprint density at radius 2 is 1.84 bits per heavy atom. The standard InChI is InChI=1S/C14H20N2O3/c1-9(2)11-6-4-5-7-12(11)16-13(17)8-15-10(3)14(18)19/h4-7,9-10,15H,8H2,1-3H3,(H,16,17)(H,18,19)/t10-/m1/s1. The normalized spacial score (nSPS) is 12.2. The molecule has 5 nitrogen and oxygen atoms in total. The molecule has 3 N–H and O–H groups in total. The fourth-order valence-electron chi connectivity index (χ4n) is 1.64. The number of carboxylic acids is 1. The van der Waals surface area contributed by atoms with Crippen LogP contribution in [0.5, 0.6) is 0 Å². The molecule has 104 valence electrons. The lowest BCUT2D eigenvalue weighted by atomic mass is 10.0. The maximum Gasteiger partial charge on any atom is 0.320 e. The van der Waals surface area contributed by atoms with E-state index in [-0.39, 0.29) is 12.5 Å². The van der Waals surface area contributed by atoms with Crippen molar-refractivity contribution in [1.29, 1.82) is 0 Å². The van der Waals surface area contributed by atoms with Crippen LogP contribution in [0, 0.1) is 0 Å². The van der Waals surface area contributed by atoms with Crippen molar-refractivity contribution >= 4 is 17.6 Å². The van der Waals surface area contributed by atoms with E-state index in [1.54, 1.807) is 0 Å². The minimum atomic E-state index is -0.976. The largest absolute Gasteiger partial charge is 0.480 e. The lowest BCUT2D eigenvalue weighted by Gasteiger charge is -2.14. The average Bonchev–Trinajstić information content (AvgIpc) is 2.36. The number of nitrogens with one attached hydrogen (secondary N) is 2. The molecule has 0 bridgehead atoms. The first-order valence-electron chi connectivity index (χ1n) is 6.26. The summed E-state index contributed by atoms with van der Waals surface area (Å²) in [6.07, 6.45) is 0. The van der Waals surface area contributed by atoms with E-state index in [0.717, 1.165) is 11.3 Å². The highest BCUT2D eigenvalue weighted by molar-refractivity contribution is 5.93. The molecule has 1 aromatic carbocycles. The lowest BCUT2D eigenvalue weighted by molar-refractivity contribution is -0.139. The zero-order valence-electron chi connectivity index (χ0n) is 11.4. The zero-order valence-corrected chi connectivity index (χ0v) is 11.4. The highest BCUT2D eigenvalue weighted by Gasteiger charge is 2.13. The van der Waals surface area contributed by atoms with Gasteiger partial charge in [0, 0.05) is 5.69 Å². The highest BCUT2D eigenvalue weighted by atomic mass is 16.4. The first-order valence-corrected chi connectivity index (χ1v) is 6.26. The van der Waals surface area contributed by atoms with Crippen LogP contribution in [0.4, 0.5) is 5.69 Å². The van der Waals surface area contributed by atoms with Crippen molar-refractivity contribution in [1.82, 2.24) is 5.32 Å². The van der Waals surface area contributed by atoms with Crippen molar-refractivity contribution in [2.45, 2.75) is 32.7 Å². The molecule has 1 rings (SSSR count). The van der Waals surface area contributed by atoms with E-state index in [1.807, 2.05) is 24.3 Å². The molecule has 0 aliphatic rings. The van der Waals surface area contributed by atoms with Gasteiger partial charge >= 0.3 is 5.97 Å². The molecule has 0 aromatic heterocycles. The average molecular weight is 264 g/mol. The summed E-state index contributed by atoms with van der Waals surface area (Å²) in [7, 11) is 0. The van der Waals surface area contributed by atoms with Gasteiger partial charge in [-0.05, 0) is 24.5 Å². The van der Waals surface area contributed by atoms with E-state index in [2.05, 4.69) is 24.5 Å². The number of amides is 1. The summed E-state index contributed by atoms with van der Waals surface area (Å²) in [5.41, 5.74) is 1.83. The van der Waals surface area contributed by atoms with Crippen molar-refractivity contribution < 1.29 is 14.7 Å². The van der Waals surface area contributed by atoms with Crippen LogP contribution in [0.25, 0.3) is 0 Å². The quantitative estimate of drug-likeness (QED) is 0.732. The summed E-state index contributed by atoms with van der Waals surface area (Å²) >= 11 is 0. The van der Waals surface area contributed by atoms with Crippen LogP contribution < -0.4 is 10.6 Å².